The van der Waals surface area contributed by atoms with E-state index in [0.29, 0.717) is 0 Å². The molecule has 1 heteroatoms. The molecular formula is C14H30O. The molecule has 0 aliphatic rings. The largest absolute Gasteiger partial charge is 0.385 e. The van der Waals surface area contributed by atoms with Crippen molar-refractivity contribution in [1.82, 2.24) is 0 Å². The maximum atomic E-state index is 5.03. The summed E-state index contributed by atoms with van der Waals surface area (Å²) in [5.74, 6) is 1.75. The molecule has 0 spiro atoms. The van der Waals surface area contributed by atoms with Crippen molar-refractivity contribution in [3.05, 3.63) is 0 Å². The molecule has 15 heavy (non-hydrogen) atoms. The maximum absolute atomic E-state index is 5.03. The first-order valence-electron chi connectivity index (χ1n) is 6.67. The minimum atomic E-state index is 0.853. The van der Waals surface area contributed by atoms with Crippen molar-refractivity contribution >= 4 is 0 Å². The number of unbranched alkanes of at least 4 members (excludes halogenated alkanes) is 5. The highest BCUT2D eigenvalue weighted by Gasteiger charge is 2.05. The molecule has 0 aromatic rings. The van der Waals surface area contributed by atoms with Crippen LogP contribution in [-0.2, 0) is 4.74 Å². The lowest BCUT2D eigenvalue weighted by atomic mass is 9.92. The highest BCUT2D eigenvalue weighted by atomic mass is 16.5. The Labute approximate surface area is 96.6 Å². The Bertz CT molecular complexity index is 121. The average Bonchev–Trinajstić information content (AvgIpc) is 2.21. The quantitative estimate of drug-likeness (QED) is 0.481. The molecule has 0 saturated carbocycles. The smallest absolute Gasteiger partial charge is 0.0462 e. The maximum Gasteiger partial charge on any atom is 0.0462 e. The van der Waals surface area contributed by atoms with Crippen molar-refractivity contribution < 1.29 is 4.74 Å². The molecule has 0 fully saturated rings. The van der Waals surface area contributed by atoms with Crippen LogP contribution in [0.5, 0.6) is 0 Å². The Balaban J connectivity index is 3.05. The van der Waals surface area contributed by atoms with Gasteiger partial charge in [-0.1, -0.05) is 59.3 Å². The number of hydrogen-bond donors (Lipinski definition) is 0. The fraction of sp³-hybridized carbons (Fsp3) is 1.00. The molecular weight excluding hydrogens is 184 g/mol. The number of methoxy groups -OCH3 is 1. The molecule has 0 aliphatic carbocycles. The number of hydrogen-bond acceptors (Lipinski definition) is 1. The van der Waals surface area contributed by atoms with E-state index in [0.717, 1.165) is 18.4 Å². The predicted molar refractivity (Wildman–Crippen MR) is 68.2 cm³/mol. The van der Waals surface area contributed by atoms with Gasteiger partial charge in [0.05, 0.1) is 0 Å². The normalized spacial score (nSPS) is 13.4. The summed E-state index contributed by atoms with van der Waals surface area (Å²) in [4.78, 5) is 0. The van der Waals surface area contributed by atoms with Crippen LogP contribution < -0.4 is 0 Å². The van der Waals surface area contributed by atoms with E-state index in [1.807, 2.05) is 0 Å². The third kappa shape index (κ3) is 10.2. The monoisotopic (exact) mass is 214 g/mol. The molecule has 0 bridgehead atoms. The summed E-state index contributed by atoms with van der Waals surface area (Å²) < 4.78 is 5.03. The Morgan fingerprint density at radius 1 is 0.800 bits per heavy atom. The first-order valence-corrected chi connectivity index (χ1v) is 6.67. The van der Waals surface area contributed by atoms with Crippen molar-refractivity contribution in [3.63, 3.8) is 0 Å². The minimum Gasteiger partial charge on any atom is -0.385 e. The molecule has 0 aromatic heterocycles. The predicted octanol–water partition coefficient (Wildman–Crippen LogP) is 4.66. The Morgan fingerprint density at radius 3 is 1.87 bits per heavy atom. The van der Waals surface area contributed by atoms with Crippen molar-refractivity contribution in [2.75, 3.05) is 13.7 Å². The molecule has 0 aromatic carbocycles. The van der Waals surface area contributed by atoms with Crippen LogP contribution in [0.4, 0.5) is 0 Å². The fourth-order valence-corrected chi connectivity index (χ4v) is 1.75. The van der Waals surface area contributed by atoms with Crippen molar-refractivity contribution in [2.24, 2.45) is 11.8 Å². The van der Waals surface area contributed by atoms with Gasteiger partial charge in [-0.3, -0.25) is 0 Å². The van der Waals surface area contributed by atoms with E-state index in [-0.39, 0.29) is 0 Å². The fourth-order valence-electron chi connectivity index (χ4n) is 1.75. The molecule has 0 saturated heterocycles. The van der Waals surface area contributed by atoms with Gasteiger partial charge in [-0.15, -0.1) is 0 Å². The van der Waals surface area contributed by atoms with Gasteiger partial charge in [0.1, 0.15) is 0 Å². The third-order valence-corrected chi connectivity index (χ3v) is 3.40. The van der Waals surface area contributed by atoms with Crippen LogP contribution in [0.25, 0.3) is 0 Å². The number of ether oxygens (including phenoxy) is 1. The molecule has 1 nitrogen and oxygen atoms in total. The molecule has 0 aliphatic heterocycles. The van der Waals surface area contributed by atoms with E-state index in [1.54, 1.807) is 7.11 Å². The second-order valence-electron chi connectivity index (χ2n) is 5.12. The van der Waals surface area contributed by atoms with Crippen LogP contribution >= 0.6 is 0 Å². The zero-order valence-electron chi connectivity index (χ0n) is 11.2. The van der Waals surface area contributed by atoms with E-state index in [4.69, 9.17) is 4.74 Å². The van der Waals surface area contributed by atoms with Crippen molar-refractivity contribution in [2.45, 2.75) is 65.7 Å². The summed E-state index contributed by atoms with van der Waals surface area (Å²) in [7, 11) is 1.79. The standard InChI is InChI=1S/C14H30O/c1-13(2)14(3)11-9-7-5-6-8-10-12-15-4/h13-14H,5-12H2,1-4H3. The van der Waals surface area contributed by atoms with E-state index in [2.05, 4.69) is 20.8 Å². The Kier molecular flexibility index (Phi) is 10.4. The first kappa shape index (κ1) is 15.0. The topological polar surface area (TPSA) is 9.23 Å². The third-order valence-electron chi connectivity index (χ3n) is 3.40. The van der Waals surface area contributed by atoms with E-state index < -0.39 is 0 Å². The van der Waals surface area contributed by atoms with Crippen LogP contribution in [0.3, 0.4) is 0 Å². The summed E-state index contributed by atoms with van der Waals surface area (Å²) in [6.07, 6.45) is 9.63. The van der Waals surface area contributed by atoms with Gasteiger partial charge in [0.25, 0.3) is 0 Å². The lowest BCUT2D eigenvalue weighted by Gasteiger charge is -2.14. The highest BCUT2D eigenvalue weighted by molar-refractivity contribution is 4.57. The van der Waals surface area contributed by atoms with Gasteiger partial charge in [-0.05, 0) is 18.3 Å². The zero-order valence-corrected chi connectivity index (χ0v) is 11.2. The van der Waals surface area contributed by atoms with Crippen LogP contribution in [0.2, 0.25) is 0 Å². The Hall–Kier alpha value is -0.0400. The van der Waals surface area contributed by atoms with Crippen molar-refractivity contribution in [3.8, 4) is 0 Å². The van der Waals surface area contributed by atoms with Crippen LogP contribution in [0.15, 0.2) is 0 Å². The lowest BCUT2D eigenvalue weighted by Crippen LogP contribution is -2.03. The van der Waals surface area contributed by atoms with Crippen LogP contribution in [0, 0.1) is 11.8 Å². The Morgan fingerprint density at radius 2 is 1.33 bits per heavy atom. The van der Waals surface area contributed by atoms with Gasteiger partial charge < -0.3 is 4.74 Å². The summed E-state index contributed by atoms with van der Waals surface area (Å²) in [6, 6.07) is 0. The number of rotatable bonds is 10. The second-order valence-corrected chi connectivity index (χ2v) is 5.12. The van der Waals surface area contributed by atoms with E-state index in [1.165, 1.54) is 44.9 Å². The minimum absolute atomic E-state index is 0.853. The molecule has 0 rings (SSSR count). The SMILES string of the molecule is COCCCCCCCCC(C)C(C)C. The van der Waals surface area contributed by atoms with Crippen LogP contribution in [-0.4, -0.2) is 13.7 Å². The van der Waals surface area contributed by atoms with Crippen molar-refractivity contribution in [1.29, 1.82) is 0 Å². The van der Waals surface area contributed by atoms with E-state index in [9.17, 15) is 0 Å². The molecule has 0 N–H and O–H groups in total. The van der Waals surface area contributed by atoms with Gasteiger partial charge >= 0.3 is 0 Å². The molecule has 1 unspecified atom stereocenters. The zero-order chi connectivity index (χ0) is 11.5. The second kappa shape index (κ2) is 10.5. The lowest BCUT2D eigenvalue weighted by molar-refractivity contribution is 0.192. The molecule has 0 heterocycles. The van der Waals surface area contributed by atoms with Crippen LogP contribution in [0.1, 0.15) is 65.7 Å². The highest BCUT2D eigenvalue weighted by Crippen LogP contribution is 2.18. The summed E-state index contributed by atoms with van der Waals surface area (Å²) in [5.41, 5.74) is 0. The van der Waals surface area contributed by atoms with Gasteiger partial charge in [-0.25, -0.2) is 0 Å². The molecule has 1 atom stereocenters. The summed E-state index contributed by atoms with van der Waals surface area (Å²) >= 11 is 0. The molecule has 92 valence electrons. The van der Waals surface area contributed by atoms with Gasteiger partial charge in [0.15, 0.2) is 0 Å². The summed E-state index contributed by atoms with van der Waals surface area (Å²) in [6.45, 7) is 7.97. The summed E-state index contributed by atoms with van der Waals surface area (Å²) in [5, 5.41) is 0. The van der Waals surface area contributed by atoms with Gasteiger partial charge in [-0.2, -0.15) is 0 Å². The van der Waals surface area contributed by atoms with Gasteiger partial charge in [0.2, 0.25) is 0 Å². The first-order chi connectivity index (χ1) is 7.18. The van der Waals surface area contributed by atoms with Gasteiger partial charge in [0, 0.05) is 13.7 Å². The average molecular weight is 214 g/mol. The van der Waals surface area contributed by atoms with E-state index >= 15 is 0 Å². The molecule has 0 radical (unpaired) electrons. The molecule has 0 amide bonds.